The smallest absolute Gasteiger partial charge is 0.310 e. The summed E-state index contributed by atoms with van der Waals surface area (Å²) in [7, 11) is -2.75. The average Bonchev–Trinajstić information content (AvgIpc) is 2.99. The van der Waals surface area contributed by atoms with Crippen LogP contribution in [0.3, 0.4) is 0 Å². The van der Waals surface area contributed by atoms with E-state index in [-0.39, 0.29) is 17.2 Å². The third-order valence-electron chi connectivity index (χ3n) is 6.49. The molecule has 0 aliphatic rings. The number of nitrogens with two attached hydrogens (primary N) is 1. The van der Waals surface area contributed by atoms with Crippen LogP contribution in [-0.4, -0.2) is 33.4 Å². The van der Waals surface area contributed by atoms with Crippen LogP contribution in [0.15, 0.2) is 120 Å². The summed E-state index contributed by atoms with van der Waals surface area (Å²) in [5.41, 5.74) is 9.59. The van der Waals surface area contributed by atoms with Gasteiger partial charge in [-0.1, -0.05) is 103 Å². The van der Waals surface area contributed by atoms with Crippen molar-refractivity contribution in [1.82, 2.24) is 4.72 Å². The van der Waals surface area contributed by atoms with Crippen molar-refractivity contribution in [2.45, 2.75) is 17.4 Å². The predicted molar refractivity (Wildman–Crippen MR) is 158 cm³/mol. The van der Waals surface area contributed by atoms with Crippen molar-refractivity contribution in [3.63, 3.8) is 0 Å². The molecule has 4 aromatic carbocycles. The molecule has 0 aliphatic heterocycles. The lowest BCUT2D eigenvalue weighted by Gasteiger charge is -2.24. The number of rotatable bonds is 11. The summed E-state index contributed by atoms with van der Waals surface area (Å²) in [6, 6.07) is 31.7. The van der Waals surface area contributed by atoms with E-state index in [4.69, 9.17) is 15.9 Å². The fourth-order valence-electron chi connectivity index (χ4n) is 4.37. The first-order valence-electron chi connectivity index (χ1n) is 12.7. The highest BCUT2D eigenvalue weighted by atomic mass is 32.2. The zero-order valence-corrected chi connectivity index (χ0v) is 22.8. The molecule has 0 spiro atoms. The van der Waals surface area contributed by atoms with E-state index < -0.39 is 28.0 Å². The number of benzene rings is 4. The Kier molecular flexibility index (Phi) is 9.27. The van der Waals surface area contributed by atoms with Gasteiger partial charge in [-0.3, -0.25) is 10.2 Å². The fourth-order valence-corrected chi connectivity index (χ4v) is 5.60. The molecular formula is C32H31N3O4S. The fraction of sp³-hybridized carbons (Fsp3) is 0.125. The minimum Gasteiger partial charge on any atom is -0.469 e. The number of esters is 1. The molecule has 0 amide bonds. The normalized spacial score (nSPS) is 13.0. The van der Waals surface area contributed by atoms with E-state index in [0.717, 1.165) is 16.7 Å². The Labute approximate surface area is 234 Å². The molecule has 0 aliphatic carbocycles. The average molecular weight is 554 g/mol. The molecule has 4 aromatic rings. The topological polar surface area (TPSA) is 122 Å². The first-order valence-corrected chi connectivity index (χ1v) is 14.2. The van der Waals surface area contributed by atoms with Gasteiger partial charge in [0.1, 0.15) is 5.84 Å². The van der Waals surface area contributed by atoms with Crippen LogP contribution in [0.1, 0.15) is 16.7 Å². The SMILES string of the molecule is COC(=O)[C@H](Cc1cccc(C(=N)N)c1)[C@@H](/C=C/c1ccccc1)NS(=O)(=O)c1ccc(-c2ccccc2)cc1. The first-order chi connectivity index (χ1) is 19.3. The van der Waals surface area contributed by atoms with Crippen molar-refractivity contribution in [3.8, 4) is 11.1 Å². The summed E-state index contributed by atoms with van der Waals surface area (Å²) < 4.78 is 35.0. The van der Waals surface area contributed by atoms with Gasteiger partial charge in [0.2, 0.25) is 10.0 Å². The minimum absolute atomic E-state index is 0.0764. The van der Waals surface area contributed by atoms with Crippen LogP contribution in [0.4, 0.5) is 0 Å². The van der Waals surface area contributed by atoms with E-state index in [2.05, 4.69) is 4.72 Å². The molecule has 4 rings (SSSR count). The number of nitrogens with one attached hydrogen (secondary N) is 2. The lowest BCUT2D eigenvalue weighted by molar-refractivity contribution is -0.145. The molecule has 0 radical (unpaired) electrons. The van der Waals surface area contributed by atoms with Crippen molar-refractivity contribution in [2.24, 2.45) is 11.7 Å². The molecule has 40 heavy (non-hydrogen) atoms. The Morgan fingerprint density at radius 2 is 1.52 bits per heavy atom. The molecule has 0 saturated heterocycles. The summed E-state index contributed by atoms with van der Waals surface area (Å²) >= 11 is 0. The van der Waals surface area contributed by atoms with E-state index in [1.807, 2.05) is 60.7 Å². The Balaban J connectivity index is 1.68. The van der Waals surface area contributed by atoms with Gasteiger partial charge in [0.05, 0.1) is 24.0 Å². The molecule has 7 nitrogen and oxygen atoms in total. The first kappa shape index (κ1) is 28.5. The quantitative estimate of drug-likeness (QED) is 0.137. The van der Waals surface area contributed by atoms with Gasteiger partial charge >= 0.3 is 5.97 Å². The molecular weight excluding hydrogens is 522 g/mol. The minimum atomic E-state index is -4.03. The maximum atomic E-state index is 13.6. The van der Waals surface area contributed by atoms with Gasteiger partial charge in [-0.2, -0.15) is 0 Å². The summed E-state index contributed by atoms with van der Waals surface area (Å²) in [5.74, 6) is -1.57. The number of carbonyl (C=O) groups excluding carboxylic acids is 1. The molecule has 8 heteroatoms. The molecule has 0 saturated carbocycles. The van der Waals surface area contributed by atoms with Crippen LogP contribution < -0.4 is 10.5 Å². The highest BCUT2D eigenvalue weighted by Gasteiger charge is 2.32. The third kappa shape index (κ3) is 7.31. The van der Waals surface area contributed by atoms with E-state index in [1.165, 1.54) is 7.11 Å². The highest BCUT2D eigenvalue weighted by molar-refractivity contribution is 7.89. The second kappa shape index (κ2) is 13.0. The van der Waals surface area contributed by atoms with Crippen LogP contribution in [0.25, 0.3) is 17.2 Å². The molecule has 0 aromatic heterocycles. The second-order valence-electron chi connectivity index (χ2n) is 9.26. The van der Waals surface area contributed by atoms with Gasteiger partial charge in [0.15, 0.2) is 0 Å². The molecule has 4 N–H and O–H groups in total. The van der Waals surface area contributed by atoms with Crippen LogP contribution in [0, 0.1) is 11.3 Å². The summed E-state index contributed by atoms with van der Waals surface area (Å²) in [5, 5.41) is 7.75. The third-order valence-corrected chi connectivity index (χ3v) is 7.96. The van der Waals surface area contributed by atoms with Crippen molar-refractivity contribution in [3.05, 3.63) is 132 Å². The van der Waals surface area contributed by atoms with Gasteiger partial charge in [-0.25, -0.2) is 13.1 Å². The molecule has 204 valence electrons. The van der Waals surface area contributed by atoms with Crippen LogP contribution in [0.5, 0.6) is 0 Å². The summed E-state index contributed by atoms with van der Waals surface area (Å²) in [4.78, 5) is 13.1. The number of hydrogen-bond donors (Lipinski definition) is 3. The Morgan fingerprint density at radius 3 is 2.15 bits per heavy atom. The monoisotopic (exact) mass is 553 g/mol. The predicted octanol–water partition coefficient (Wildman–Crippen LogP) is 5.03. The number of amidine groups is 1. The van der Waals surface area contributed by atoms with Gasteiger partial charge < -0.3 is 10.5 Å². The zero-order chi connectivity index (χ0) is 28.5. The molecule has 0 heterocycles. The van der Waals surface area contributed by atoms with E-state index in [1.54, 1.807) is 60.7 Å². The van der Waals surface area contributed by atoms with Gasteiger partial charge in [-0.15, -0.1) is 0 Å². The lowest BCUT2D eigenvalue weighted by atomic mass is 9.91. The van der Waals surface area contributed by atoms with E-state index in [9.17, 15) is 13.2 Å². The number of methoxy groups -OCH3 is 1. The Bertz CT molecular complexity index is 1590. The number of ether oxygens (including phenoxy) is 1. The van der Waals surface area contributed by atoms with Crippen LogP contribution in [-0.2, 0) is 26.0 Å². The standard InChI is InChI=1S/C32H31N3O4S/c1-39-32(36)29(22-24-11-8-14-27(21-24)31(33)34)30(20-15-23-9-4-2-5-10-23)35-40(37,38)28-18-16-26(17-19-28)25-12-6-3-7-13-25/h2-21,29-30,35H,22H2,1H3,(H3,33,34)/b20-15+/t29-,30-/m1/s1. The summed E-state index contributed by atoms with van der Waals surface area (Å²) in [6.45, 7) is 0. The van der Waals surface area contributed by atoms with Crippen molar-refractivity contribution in [2.75, 3.05) is 7.11 Å². The van der Waals surface area contributed by atoms with Gasteiger partial charge in [-0.05, 0) is 46.9 Å². The van der Waals surface area contributed by atoms with Gasteiger partial charge in [0, 0.05) is 5.56 Å². The van der Waals surface area contributed by atoms with Crippen molar-refractivity contribution < 1.29 is 17.9 Å². The van der Waals surface area contributed by atoms with Crippen molar-refractivity contribution in [1.29, 1.82) is 5.41 Å². The number of sulfonamides is 1. The second-order valence-corrected chi connectivity index (χ2v) is 11.0. The maximum Gasteiger partial charge on any atom is 0.310 e. The van der Waals surface area contributed by atoms with E-state index >= 15 is 0 Å². The van der Waals surface area contributed by atoms with Crippen LogP contribution >= 0.6 is 0 Å². The number of nitrogen functional groups attached to an aromatic ring is 1. The molecule has 0 fully saturated rings. The summed E-state index contributed by atoms with van der Waals surface area (Å²) in [6.07, 6.45) is 3.60. The largest absolute Gasteiger partial charge is 0.469 e. The molecule has 2 atom stereocenters. The zero-order valence-electron chi connectivity index (χ0n) is 22.0. The van der Waals surface area contributed by atoms with E-state index in [0.29, 0.717) is 11.1 Å². The maximum absolute atomic E-state index is 13.6. The highest BCUT2D eigenvalue weighted by Crippen LogP contribution is 2.23. The Hall–Kier alpha value is -4.53. The molecule has 0 unspecified atom stereocenters. The Morgan fingerprint density at radius 1 is 0.900 bits per heavy atom. The number of carbonyl (C=O) groups is 1. The lowest BCUT2D eigenvalue weighted by Crippen LogP contribution is -2.43. The molecule has 0 bridgehead atoms. The van der Waals surface area contributed by atoms with Gasteiger partial charge in [0.25, 0.3) is 0 Å². The van der Waals surface area contributed by atoms with Crippen molar-refractivity contribution >= 4 is 27.9 Å². The number of hydrogen-bond acceptors (Lipinski definition) is 5. The van der Waals surface area contributed by atoms with Crippen LogP contribution in [0.2, 0.25) is 0 Å².